The van der Waals surface area contributed by atoms with Crippen LogP contribution in [0.2, 0.25) is 0 Å². The molecule has 0 spiro atoms. The van der Waals surface area contributed by atoms with Gasteiger partial charge in [0.15, 0.2) is 11.5 Å². The molecule has 0 aliphatic carbocycles. The lowest BCUT2D eigenvalue weighted by atomic mass is 10.2. The van der Waals surface area contributed by atoms with Crippen molar-refractivity contribution in [2.24, 2.45) is 0 Å². The topological polar surface area (TPSA) is 79.7 Å². The van der Waals surface area contributed by atoms with Crippen LogP contribution in [0.3, 0.4) is 0 Å². The molecule has 0 saturated carbocycles. The third-order valence-corrected chi connectivity index (χ3v) is 4.29. The lowest BCUT2D eigenvalue weighted by Crippen LogP contribution is -1.94. The maximum Gasteiger partial charge on any atom is 0.347 e. The first-order valence-electron chi connectivity index (χ1n) is 5.21. The van der Waals surface area contributed by atoms with Gasteiger partial charge in [-0.1, -0.05) is 0 Å². The van der Waals surface area contributed by atoms with Crippen LogP contribution >= 0.6 is 27.3 Å². The second-order valence-corrected chi connectivity index (χ2v) is 5.60. The van der Waals surface area contributed by atoms with Crippen molar-refractivity contribution >= 4 is 33.2 Å². The van der Waals surface area contributed by atoms with Crippen LogP contribution in [0, 0.1) is 6.92 Å². The Labute approximate surface area is 121 Å². The van der Waals surface area contributed by atoms with E-state index < -0.39 is 5.97 Å². The lowest BCUT2D eigenvalue weighted by molar-refractivity contribution is 0.0701. The number of carbonyl (C=O) groups is 1. The first-order valence-corrected chi connectivity index (χ1v) is 6.82. The minimum atomic E-state index is -0.994. The Balaban J connectivity index is 2.56. The van der Waals surface area contributed by atoms with Crippen LogP contribution in [-0.4, -0.2) is 28.3 Å². The Bertz CT molecular complexity index is 653. The molecule has 0 atom stereocenters. The van der Waals surface area contributed by atoms with Gasteiger partial charge < -0.3 is 14.9 Å². The van der Waals surface area contributed by atoms with E-state index in [0.29, 0.717) is 26.5 Å². The zero-order chi connectivity index (χ0) is 14.2. The zero-order valence-electron chi connectivity index (χ0n) is 10.1. The first kappa shape index (κ1) is 13.8. The van der Waals surface area contributed by atoms with Crippen LogP contribution in [0.25, 0.3) is 10.6 Å². The van der Waals surface area contributed by atoms with Crippen molar-refractivity contribution in [3.8, 4) is 22.1 Å². The average Bonchev–Trinajstić information content (AvgIpc) is 2.74. The van der Waals surface area contributed by atoms with Crippen molar-refractivity contribution in [2.45, 2.75) is 6.92 Å². The molecule has 2 aromatic rings. The molecular formula is C12H10BrNO4S. The molecule has 2 N–H and O–H groups in total. The third-order valence-electron chi connectivity index (χ3n) is 2.49. The van der Waals surface area contributed by atoms with Gasteiger partial charge in [-0.2, -0.15) is 0 Å². The van der Waals surface area contributed by atoms with Gasteiger partial charge in [0.2, 0.25) is 0 Å². The molecule has 0 bridgehead atoms. The van der Waals surface area contributed by atoms with Crippen LogP contribution in [0.5, 0.6) is 11.5 Å². The maximum atomic E-state index is 11.0. The van der Waals surface area contributed by atoms with E-state index in [4.69, 9.17) is 9.84 Å². The molecule has 0 radical (unpaired) electrons. The molecule has 0 fully saturated rings. The number of thiazole rings is 1. The zero-order valence-corrected chi connectivity index (χ0v) is 12.5. The number of halogens is 1. The van der Waals surface area contributed by atoms with E-state index in [1.165, 1.54) is 7.11 Å². The SMILES string of the molecule is COc1cc(-c2nc(C)c(C(=O)O)s2)cc(Br)c1O. The molecule has 2 rings (SSSR count). The molecule has 7 heteroatoms. The van der Waals surface area contributed by atoms with Crippen molar-refractivity contribution in [3.05, 3.63) is 27.2 Å². The van der Waals surface area contributed by atoms with Gasteiger partial charge in [-0.25, -0.2) is 9.78 Å². The van der Waals surface area contributed by atoms with Crippen molar-refractivity contribution in [1.29, 1.82) is 0 Å². The summed E-state index contributed by atoms with van der Waals surface area (Å²) >= 11 is 4.31. The molecule has 19 heavy (non-hydrogen) atoms. The number of ether oxygens (including phenoxy) is 1. The second-order valence-electron chi connectivity index (χ2n) is 3.75. The van der Waals surface area contributed by atoms with E-state index >= 15 is 0 Å². The lowest BCUT2D eigenvalue weighted by Gasteiger charge is -2.07. The largest absolute Gasteiger partial charge is 0.503 e. The number of hydrogen-bond donors (Lipinski definition) is 2. The highest BCUT2D eigenvalue weighted by Gasteiger charge is 2.17. The summed E-state index contributed by atoms with van der Waals surface area (Å²) in [7, 11) is 1.45. The summed E-state index contributed by atoms with van der Waals surface area (Å²) in [6, 6.07) is 3.28. The van der Waals surface area contributed by atoms with Gasteiger partial charge in [-0.15, -0.1) is 11.3 Å². The van der Waals surface area contributed by atoms with E-state index in [1.54, 1.807) is 19.1 Å². The fourth-order valence-corrected chi connectivity index (χ4v) is 2.91. The van der Waals surface area contributed by atoms with Gasteiger partial charge in [0, 0.05) is 5.56 Å². The number of hydrogen-bond acceptors (Lipinski definition) is 5. The predicted molar refractivity (Wildman–Crippen MR) is 75.2 cm³/mol. The predicted octanol–water partition coefficient (Wildman–Crippen LogP) is 3.29. The first-order chi connectivity index (χ1) is 8.93. The van der Waals surface area contributed by atoms with Gasteiger partial charge in [0.1, 0.15) is 9.88 Å². The van der Waals surface area contributed by atoms with Gasteiger partial charge in [-0.05, 0) is 35.0 Å². The van der Waals surface area contributed by atoms with Gasteiger partial charge in [0.25, 0.3) is 0 Å². The summed E-state index contributed by atoms with van der Waals surface area (Å²) in [4.78, 5) is 15.4. The number of carboxylic acid groups (broad SMARTS) is 1. The van der Waals surface area contributed by atoms with Crippen LogP contribution in [0.15, 0.2) is 16.6 Å². The number of methoxy groups -OCH3 is 1. The van der Waals surface area contributed by atoms with Crippen LogP contribution in [0.4, 0.5) is 0 Å². The molecule has 0 aliphatic rings. The van der Waals surface area contributed by atoms with Gasteiger partial charge in [-0.3, -0.25) is 0 Å². The highest BCUT2D eigenvalue weighted by Crippen LogP contribution is 2.39. The van der Waals surface area contributed by atoms with Gasteiger partial charge >= 0.3 is 5.97 Å². The summed E-state index contributed by atoms with van der Waals surface area (Å²) in [5.41, 5.74) is 1.15. The Morgan fingerprint density at radius 1 is 1.47 bits per heavy atom. The average molecular weight is 344 g/mol. The number of carboxylic acids is 1. The molecule has 0 saturated heterocycles. The molecular weight excluding hydrogens is 334 g/mol. The molecule has 1 heterocycles. The summed E-state index contributed by atoms with van der Waals surface area (Å²) in [6.45, 7) is 1.65. The fraction of sp³-hybridized carbons (Fsp3) is 0.167. The van der Waals surface area contributed by atoms with Crippen molar-refractivity contribution in [3.63, 3.8) is 0 Å². The molecule has 0 amide bonds. The van der Waals surface area contributed by atoms with Crippen LogP contribution in [-0.2, 0) is 0 Å². The molecule has 100 valence electrons. The number of rotatable bonds is 3. The summed E-state index contributed by atoms with van der Waals surface area (Å²) in [6.07, 6.45) is 0. The number of aryl methyl sites for hydroxylation is 1. The van der Waals surface area contributed by atoms with Crippen LogP contribution in [0.1, 0.15) is 15.4 Å². The Morgan fingerprint density at radius 3 is 2.68 bits per heavy atom. The number of aromatic nitrogens is 1. The smallest absolute Gasteiger partial charge is 0.347 e. The van der Waals surface area contributed by atoms with Gasteiger partial charge in [0.05, 0.1) is 17.3 Å². The highest BCUT2D eigenvalue weighted by molar-refractivity contribution is 9.10. The normalized spacial score (nSPS) is 10.5. The molecule has 0 aliphatic heterocycles. The minimum absolute atomic E-state index is 0.00186. The summed E-state index contributed by atoms with van der Waals surface area (Å²) < 4.78 is 5.52. The van der Waals surface area contributed by atoms with E-state index in [0.717, 1.165) is 11.3 Å². The Morgan fingerprint density at radius 2 is 2.16 bits per heavy atom. The third kappa shape index (κ3) is 2.57. The monoisotopic (exact) mass is 343 g/mol. The number of benzene rings is 1. The Hall–Kier alpha value is -1.60. The standard InChI is InChI=1S/C12H10BrNO4S/c1-5-10(12(16)17)19-11(14-5)6-3-7(13)9(15)8(4-6)18-2/h3-4,15H,1-2H3,(H,16,17). The number of aromatic carboxylic acids is 1. The highest BCUT2D eigenvalue weighted by atomic mass is 79.9. The van der Waals surface area contributed by atoms with E-state index in [-0.39, 0.29) is 10.6 Å². The van der Waals surface area contributed by atoms with Crippen molar-refractivity contribution in [1.82, 2.24) is 4.98 Å². The number of nitrogens with zero attached hydrogens (tertiary/aromatic N) is 1. The van der Waals surface area contributed by atoms with E-state index in [9.17, 15) is 9.90 Å². The quantitative estimate of drug-likeness (QED) is 0.893. The number of aromatic hydroxyl groups is 1. The summed E-state index contributed by atoms with van der Waals surface area (Å²) in [5.74, 6) is -0.696. The van der Waals surface area contributed by atoms with Crippen molar-refractivity contribution < 1.29 is 19.7 Å². The molecule has 5 nitrogen and oxygen atoms in total. The molecule has 1 aromatic carbocycles. The maximum absolute atomic E-state index is 11.0. The second kappa shape index (κ2) is 5.18. The van der Waals surface area contributed by atoms with Crippen LogP contribution < -0.4 is 4.74 Å². The fourth-order valence-electron chi connectivity index (χ4n) is 1.57. The summed E-state index contributed by atoms with van der Waals surface area (Å²) in [5, 5.41) is 19.3. The Kier molecular flexibility index (Phi) is 3.77. The number of phenolic OH excluding ortho intramolecular Hbond substituents is 1. The van der Waals surface area contributed by atoms with E-state index in [2.05, 4.69) is 20.9 Å². The van der Waals surface area contributed by atoms with Crippen molar-refractivity contribution in [2.75, 3.05) is 7.11 Å². The molecule has 1 aromatic heterocycles. The van der Waals surface area contributed by atoms with E-state index in [1.807, 2.05) is 0 Å². The minimum Gasteiger partial charge on any atom is -0.503 e. The number of phenols is 1. The molecule has 0 unspecified atom stereocenters.